The first kappa shape index (κ1) is 16.8. The molecule has 5 heteroatoms. The fourth-order valence-corrected chi connectivity index (χ4v) is 2.94. The lowest BCUT2D eigenvalue weighted by Gasteiger charge is -2.24. The largest absolute Gasteiger partial charge is 0.481 e. The molecule has 0 aliphatic heterocycles. The summed E-state index contributed by atoms with van der Waals surface area (Å²) in [4.78, 5) is 23.8. The van der Waals surface area contributed by atoms with E-state index in [2.05, 4.69) is 10.6 Å². The van der Waals surface area contributed by atoms with Crippen LogP contribution >= 0.6 is 0 Å². The van der Waals surface area contributed by atoms with Crippen LogP contribution in [0.1, 0.15) is 12.8 Å². The van der Waals surface area contributed by atoms with Crippen LogP contribution in [0.5, 0.6) is 0 Å². The zero-order valence-electron chi connectivity index (χ0n) is 13.7. The zero-order chi connectivity index (χ0) is 17.6. The van der Waals surface area contributed by atoms with Gasteiger partial charge >= 0.3 is 5.97 Å². The Balaban J connectivity index is 1.63. The first-order valence-corrected chi connectivity index (χ1v) is 8.24. The lowest BCUT2D eigenvalue weighted by atomic mass is 9.82. The first-order chi connectivity index (χ1) is 12.1. The van der Waals surface area contributed by atoms with E-state index >= 15 is 0 Å². The maximum Gasteiger partial charge on any atom is 0.307 e. The van der Waals surface area contributed by atoms with Crippen LogP contribution in [0.3, 0.4) is 0 Å². The maximum absolute atomic E-state index is 12.4. The summed E-state index contributed by atoms with van der Waals surface area (Å²) in [7, 11) is 0. The van der Waals surface area contributed by atoms with Crippen LogP contribution in [0.4, 0.5) is 17.1 Å². The van der Waals surface area contributed by atoms with Gasteiger partial charge in [-0.05, 0) is 49.2 Å². The Labute approximate surface area is 146 Å². The van der Waals surface area contributed by atoms with Gasteiger partial charge in [0.2, 0.25) is 5.91 Å². The summed E-state index contributed by atoms with van der Waals surface area (Å²) < 4.78 is 0. The van der Waals surface area contributed by atoms with Crippen molar-refractivity contribution in [1.29, 1.82) is 0 Å². The van der Waals surface area contributed by atoms with Crippen molar-refractivity contribution in [2.75, 3.05) is 10.6 Å². The SMILES string of the molecule is O=C(O)[C@H]1CC=CC[C@H]1C(=O)Nc1ccc(Nc2ccccc2)cc1. The molecule has 0 fully saturated rings. The van der Waals surface area contributed by atoms with Gasteiger partial charge in [0.1, 0.15) is 0 Å². The van der Waals surface area contributed by atoms with E-state index in [0.29, 0.717) is 18.5 Å². The number of nitrogens with one attached hydrogen (secondary N) is 2. The molecule has 25 heavy (non-hydrogen) atoms. The van der Waals surface area contributed by atoms with Crippen molar-refractivity contribution >= 4 is 28.9 Å². The van der Waals surface area contributed by atoms with Gasteiger partial charge in [-0.25, -0.2) is 0 Å². The molecule has 0 spiro atoms. The van der Waals surface area contributed by atoms with Crippen molar-refractivity contribution in [1.82, 2.24) is 0 Å². The summed E-state index contributed by atoms with van der Waals surface area (Å²) in [6.45, 7) is 0. The Morgan fingerprint density at radius 1 is 0.800 bits per heavy atom. The van der Waals surface area contributed by atoms with Gasteiger partial charge in [0.05, 0.1) is 11.8 Å². The number of allylic oxidation sites excluding steroid dienone is 2. The summed E-state index contributed by atoms with van der Waals surface area (Å²) in [6.07, 6.45) is 4.55. The number of carbonyl (C=O) groups is 2. The number of para-hydroxylation sites is 1. The second-order valence-electron chi connectivity index (χ2n) is 6.05. The molecule has 0 unspecified atom stereocenters. The molecule has 3 rings (SSSR count). The molecule has 2 aromatic carbocycles. The molecule has 2 atom stereocenters. The van der Waals surface area contributed by atoms with Gasteiger partial charge in [0.25, 0.3) is 0 Å². The molecule has 0 saturated heterocycles. The van der Waals surface area contributed by atoms with E-state index in [1.807, 2.05) is 54.6 Å². The second kappa shape index (κ2) is 7.66. The Kier molecular flexibility index (Phi) is 5.14. The highest BCUT2D eigenvalue weighted by atomic mass is 16.4. The Morgan fingerprint density at radius 2 is 1.36 bits per heavy atom. The lowest BCUT2D eigenvalue weighted by Crippen LogP contribution is -2.34. The van der Waals surface area contributed by atoms with Gasteiger partial charge in [-0.2, -0.15) is 0 Å². The van der Waals surface area contributed by atoms with Crippen LogP contribution in [0.2, 0.25) is 0 Å². The number of amides is 1. The molecule has 3 N–H and O–H groups in total. The van der Waals surface area contributed by atoms with Crippen molar-refractivity contribution in [2.24, 2.45) is 11.8 Å². The third-order valence-electron chi connectivity index (χ3n) is 4.30. The maximum atomic E-state index is 12.4. The Hall–Kier alpha value is -3.08. The lowest BCUT2D eigenvalue weighted by molar-refractivity contribution is -0.146. The van der Waals surface area contributed by atoms with E-state index in [1.54, 1.807) is 12.1 Å². The number of hydrogen-bond donors (Lipinski definition) is 3. The molecule has 0 heterocycles. The molecule has 5 nitrogen and oxygen atoms in total. The molecule has 2 aromatic rings. The van der Waals surface area contributed by atoms with Gasteiger partial charge < -0.3 is 15.7 Å². The highest BCUT2D eigenvalue weighted by molar-refractivity contribution is 5.95. The van der Waals surface area contributed by atoms with Crippen LogP contribution in [0.25, 0.3) is 0 Å². The minimum Gasteiger partial charge on any atom is -0.481 e. The quantitative estimate of drug-likeness (QED) is 0.720. The number of hydrogen-bond acceptors (Lipinski definition) is 3. The topological polar surface area (TPSA) is 78.4 Å². The van der Waals surface area contributed by atoms with Crippen molar-refractivity contribution in [3.8, 4) is 0 Å². The zero-order valence-corrected chi connectivity index (χ0v) is 13.7. The molecular weight excluding hydrogens is 316 g/mol. The van der Waals surface area contributed by atoms with Gasteiger partial charge in [-0.1, -0.05) is 30.4 Å². The van der Waals surface area contributed by atoms with Gasteiger partial charge in [-0.3, -0.25) is 9.59 Å². The van der Waals surface area contributed by atoms with Crippen molar-refractivity contribution < 1.29 is 14.7 Å². The summed E-state index contributed by atoms with van der Waals surface area (Å²) in [5.41, 5.74) is 2.55. The van der Waals surface area contributed by atoms with Gasteiger partial charge in [-0.15, -0.1) is 0 Å². The first-order valence-electron chi connectivity index (χ1n) is 8.24. The fourth-order valence-electron chi connectivity index (χ4n) is 2.94. The second-order valence-corrected chi connectivity index (χ2v) is 6.05. The van der Waals surface area contributed by atoms with Crippen molar-refractivity contribution in [2.45, 2.75) is 12.8 Å². The third-order valence-corrected chi connectivity index (χ3v) is 4.30. The molecule has 0 radical (unpaired) electrons. The number of benzene rings is 2. The summed E-state index contributed by atoms with van der Waals surface area (Å²) in [6, 6.07) is 17.2. The van der Waals surface area contributed by atoms with E-state index in [4.69, 9.17) is 0 Å². The van der Waals surface area contributed by atoms with E-state index in [-0.39, 0.29) is 5.91 Å². The smallest absolute Gasteiger partial charge is 0.307 e. The molecule has 128 valence electrons. The monoisotopic (exact) mass is 336 g/mol. The predicted octanol–water partition coefficient (Wildman–Crippen LogP) is 4.04. The van der Waals surface area contributed by atoms with Crippen LogP contribution < -0.4 is 10.6 Å². The number of carboxylic acids is 1. The van der Waals surface area contributed by atoms with Crippen LogP contribution in [0, 0.1) is 11.8 Å². The molecule has 1 aliphatic carbocycles. The number of carbonyl (C=O) groups excluding carboxylic acids is 1. The Morgan fingerprint density at radius 3 is 2.00 bits per heavy atom. The summed E-state index contributed by atoms with van der Waals surface area (Å²) in [5, 5.41) is 15.4. The highest BCUT2D eigenvalue weighted by Gasteiger charge is 2.33. The number of carboxylic acid groups (broad SMARTS) is 1. The predicted molar refractivity (Wildman–Crippen MR) is 97.8 cm³/mol. The minimum absolute atomic E-state index is 0.250. The third kappa shape index (κ3) is 4.26. The van der Waals surface area contributed by atoms with E-state index < -0.39 is 17.8 Å². The number of anilines is 3. The molecule has 0 aromatic heterocycles. The average molecular weight is 336 g/mol. The standard InChI is InChI=1S/C20H20N2O3/c23-19(17-8-4-5-9-18(17)20(24)25)22-16-12-10-15(11-13-16)21-14-6-2-1-3-7-14/h1-7,10-13,17-18,21H,8-9H2,(H,22,23)(H,24,25)/t17-,18+/m1/s1. The van der Waals surface area contributed by atoms with E-state index in [0.717, 1.165) is 11.4 Å². The van der Waals surface area contributed by atoms with Gasteiger partial charge in [0.15, 0.2) is 0 Å². The molecule has 1 amide bonds. The fraction of sp³-hybridized carbons (Fsp3) is 0.200. The normalized spacial score (nSPS) is 19.2. The van der Waals surface area contributed by atoms with Crippen molar-refractivity contribution in [3.63, 3.8) is 0 Å². The highest BCUT2D eigenvalue weighted by Crippen LogP contribution is 2.27. The van der Waals surface area contributed by atoms with Crippen LogP contribution in [-0.4, -0.2) is 17.0 Å². The molecule has 1 aliphatic rings. The molecule has 0 bridgehead atoms. The number of rotatable bonds is 5. The minimum atomic E-state index is -0.924. The molecule has 0 saturated carbocycles. The average Bonchev–Trinajstić information content (AvgIpc) is 2.64. The van der Waals surface area contributed by atoms with Gasteiger partial charge in [0, 0.05) is 17.1 Å². The Bertz CT molecular complexity index is 769. The van der Waals surface area contributed by atoms with E-state index in [9.17, 15) is 14.7 Å². The number of aliphatic carboxylic acids is 1. The van der Waals surface area contributed by atoms with Crippen LogP contribution in [0.15, 0.2) is 66.7 Å². The van der Waals surface area contributed by atoms with E-state index in [1.165, 1.54) is 0 Å². The van der Waals surface area contributed by atoms with Crippen molar-refractivity contribution in [3.05, 3.63) is 66.7 Å². The van der Waals surface area contributed by atoms with Crippen LogP contribution in [-0.2, 0) is 9.59 Å². The summed E-state index contributed by atoms with van der Waals surface area (Å²) in [5.74, 6) is -2.37. The molecular formula is C20H20N2O3. The summed E-state index contributed by atoms with van der Waals surface area (Å²) >= 11 is 0.